The Bertz CT molecular complexity index is 152. The summed E-state index contributed by atoms with van der Waals surface area (Å²) in [7, 11) is 1.72. The van der Waals surface area contributed by atoms with Crippen molar-refractivity contribution in [2.45, 2.75) is 51.4 Å². The summed E-state index contributed by atoms with van der Waals surface area (Å²) in [6, 6.07) is 0. The molecule has 1 aliphatic rings. The van der Waals surface area contributed by atoms with Crippen LogP contribution >= 0.6 is 0 Å². The predicted octanol–water partition coefficient (Wildman–Crippen LogP) is 1.90. The topological polar surface area (TPSA) is 44.5 Å². The normalized spacial score (nSPS) is 33.2. The molecule has 1 rings (SSSR count). The Morgan fingerprint density at radius 3 is 2.79 bits per heavy atom. The third-order valence-electron chi connectivity index (χ3n) is 2.85. The van der Waals surface area contributed by atoms with Gasteiger partial charge in [-0.15, -0.1) is 0 Å². The fourth-order valence-electron chi connectivity index (χ4n) is 2.05. The van der Waals surface area contributed by atoms with Crippen LogP contribution in [-0.4, -0.2) is 26.0 Å². The van der Waals surface area contributed by atoms with Crippen molar-refractivity contribution in [3.8, 4) is 0 Å². The monoisotopic (exact) mass is 201 g/mol. The van der Waals surface area contributed by atoms with Gasteiger partial charge in [-0.25, -0.2) is 0 Å². The molecule has 0 spiro atoms. The molecule has 2 N–H and O–H groups in total. The molecule has 2 unspecified atom stereocenters. The summed E-state index contributed by atoms with van der Waals surface area (Å²) in [6.07, 6.45) is 6.00. The molecule has 0 amide bonds. The van der Waals surface area contributed by atoms with Crippen molar-refractivity contribution >= 4 is 0 Å². The summed E-state index contributed by atoms with van der Waals surface area (Å²) in [6.45, 7) is 3.06. The first-order valence-corrected chi connectivity index (χ1v) is 5.64. The number of rotatable bonds is 5. The van der Waals surface area contributed by atoms with Crippen LogP contribution in [0.1, 0.15) is 39.0 Å². The summed E-state index contributed by atoms with van der Waals surface area (Å²) in [5, 5.41) is 0. The molecule has 3 nitrogen and oxygen atoms in total. The van der Waals surface area contributed by atoms with Crippen molar-refractivity contribution in [2.75, 3.05) is 13.7 Å². The van der Waals surface area contributed by atoms with Gasteiger partial charge < -0.3 is 15.2 Å². The maximum absolute atomic E-state index is 5.79. The molecule has 1 fully saturated rings. The van der Waals surface area contributed by atoms with Gasteiger partial charge in [0.05, 0.1) is 6.10 Å². The zero-order chi connectivity index (χ0) is 10.4. The van der Waals surface area contributed by atoms with E-state index >= 15 is 0 Å². The number of unbranched alkanes of at least 4 members (excludes halogenated alkanes) is 1. The van der Waals surface area contributed by atoms with Crippen molar-refractivity contribution in [1.82, 2.24) is 0 Å². The van der Waals surface area contributed by atoms with Crippen molar-refractivity contribution in [1.29, 1.82) is 0 Å². The molecular weight excluding hydrogens is 178 g/mol. The van der Waals surface area contributed by atoms with Crippen LogP contribution in [0.5, 0.6) is 0 Å². The lowest BCUT2D eigenvalue weighted by atomic mass is 9.94. The van der Waals surface area contributed by atoms with Crippen LogP contribution in [0.25, 0.3) is 0 Å². The smallest absolute Gasteiger partial charge is 0.157 e. The first-order valence-electron chi connectivity index (χ1n) is 5.64. The number of ether oxygens (including phenoxy) is 2. The van der Waals surface area contributed by atoms with Gasteiger partial charge in [-0.05, 0) is 38.1 Å². The van der Waals surface area contributed by atoms with Crippen LogP contribution < -0.4 is 5.73 Å². The number of methoxy groups -OCH3 is 1. The predicted molar refractivity (Wildman–Crippen MR) is 57.0 cm³/mol. The van der Waals surface area contributed by atoms with E-state index in [2.05, 4.69) is 6.92 Å². The summed E-state index contributed by atoms with van der Waals surface area (Å²) < 4.78 is 11.0. The maximum atomic E-state index is 5.79. The van der Waals surface area contributed by atoms with E-state index in [4.69, 9.17) is 15.2 Å². The molecule has 0 aromatic heterocycles. The Hall–Kier alpha value is -0.120. The quantitative estimate of drug-likeness (QED) is 0.691. The molecule has 0 aliphatic carbocycles. The minimum atomic E-state index is 0.0154. The molecule has 0 bridgehead atoms. The van der Waals surface area contributed by atoms with Crippen molar-refractivity contribution in [3.05, 3.63) is 0 Å². The standard InChI is InChI=1S/C11H23NO2/c1-9-7-10(5-3-4-6-12)14-11(8-9)13-2/h9-11H,3-8,12H2,1-2H3/t9-,10?,11?/m1/s1. The van der Waals surface area contributed by atoms with E-state index in [1.165, 1.54) is 12.8 Å². The second-order valence-electron chi connectivity index (χ2n) is 4.28. The summed E-state index contributed by atoms with van der Waals surface area (Å²) >= 11 is 0. The van der Waals surface area contributed by atoms with Crippen molar-refractivity contribution in [2.24, 2.45) is 11.7 Å². The maximum Gasteiger partial charge on any atom is 0.157 e. The fraction of sp³-hybridized carbons (Fsp3) is 1.00. The van der Waals surface area contributed by atoms with E-state index in [-0.39, 0.29) is 6.29 Å². The molecule has 14 heavy (non-hydrogen) atoms. The van der Waals surface area contributed by atoms with Crippen LogP contribution in [-0.2, 0) is 9.47 Å². The molecule has 0 aromatic rings. The molecular formula is C11H23NO2. The zero-order valence-corrected chi connectivity index (χ0v) is 9.37. The second kappa shape index (κ2) is 6.38. The molecule has 3 heteroatoms. The lowest BCUT2D eigenvalue weighted by Crippen LogP contribution is -2.33. The van der Waals surface area contributed by atoms with E-state index in [1.54, 1.807) is 7.11 Å². The third-order valence-corrected chi connectivity index (χ3v) is 2.85. The largest absolute Gasteiger partial charge is 0.356 e. The molecule has 0 radical (unpaired) electrons. The summed E-state index contributed by atoms with van der Waals surface area (Å²) in [4.78, 5) is 0. The molecule has 3 atom stereocenters. The highest BCUT2D eigenvalue weighted by molar-refractivity contribution is 4.71. The molecule has 1 saturated heterocycles. The van der Waals surface area contributed by atoms with E-state index in [1.807, 2.05) is 0 Å². The van der Waals surface area contributed by atoms with Crippen LogP contribution in [0, 0.1) is 5.92 Å². The first-order chi connectivity index (χ1) is 6.76. The van der Waals surface area contributed by atoms with E-state index in [0.29, 0.717) is 6.10 Å². The molecule has 0 saturated carbocycles. The Balaban J connectivity index is 2.23. The van der Waals surface area contributed by atoms with Gasteiger partial charge in [0.1, 0.15) is 0 Å². The Morgan fingerprint density at radius 1 is 1.36 bits per heavy atom. The Kier molecular flexibility index (Phi) is 5.45. The van der Waals surface area contributed by atoms with Crippen LogP contribution in [0.4, 0.5) is 0 Å². The lowest BCUT2D eigenvalue weighted by molar-refractivity contribution is -0.192. The molecule has 1 heterocycles. The van der Waals surface area contributed by atoms with Crippen LogP contribution in [0.2, 0.25) is 0 Å². The lowest BCUT2D eigenvalue weighted by Gasteiger charge is -2.33. The number of hydrogen-bond donors (Lipinski definition) is 1. The third kappa shape index (κ3) is 3.95. The van der Waals surface area contributed by atoms with Gasteiger partial charge >= 0.3 is 0 Å². The fourth-order valence-corrected chi connectivity index (χ4v) is 2.05. The van der Waals surface area contributed by atoms with Gasteiger partial charge in [-0.1, -0.05) is 6.92 Å². The van der Waals surface area contributed by atoms with Gasteiger partial charge in [-0.2, -0.15) is 0 Å². The molecule has 84 valence electrons. The van der Waals surface area contributed by atoms with Gasteiger partial charge in [0.15, 0.2) is 6.29 Å². The number of hydrogen-bond acceptors (Lipinski definition) is 3. The molecule has 0 aromatic carbocycles. The van der Waals surface area contributed by atoms with E-state index in [0.717, 1.165) is 31.7 Å². The summed E-state index contributed by atoms with van der Waals surface area (Å²) in [5.74, 6) is 0.719. The zero-order valence-electron chi connectivity index (χ0n) is 9.37. The minimum Gasteiger partial charge on any atom is -0.356 e. The van der Waals surface area contributed by atoms with E-state index in [9.17, 15) is 0 Å². The highest BCUT2D eigenvalue weighted by atomic mass is 16.7. The Morgan fingerprint density at radius 2 is 2.14 bits per heavy atom. The first kappa shape index (κ1) is 12.0. The van der Waals surface area contributed by atoms with Crippen LogP contribution in [0.15, 0.2) is 0 Å². The second-order valence-corrected chi connectivity index (χ2v) is 4.28. The highest BCUT2D eigenvalue weighted by Gasteiger charge is 2.26. The average Bonchev–Trinajstić information content (AvgIpc) is 2.17. The van der Waals surface area contributed by atoms with Crippen molar-refractivity contribution < 1.29 is 9.47 Å². The van der Waals surface area contributed by atoms with E-state index < -0.39 is 0 Å². The molecule has 1 aliphatic heterocycles. The minimum absolute atomic E-state index is 0.0154. The number of nitrogens with two attached hydrogens (primary N) is 1. The van der Waals surface area contributed by atoms with Gasteiger partial charge in [0.25, 0.3) is 0 Å². The highest BCUT2D eigenvalue weighted by Crippen LogP contribution is 2.27. The van der Waals surface area contributed by atoms with Gasteiger partial charge in [-0.3, -0.25) is 0 Å². The van der Waals surface area contributed by atoms with Gasteiger partial charge in [0, 0.05) is 13.5 Å². The Labute approximate surface area is 86.9 Å². The van der Waals surface area contributed by atoms with Crippen LogP contribution in [0.3, 0.4) is 0 Å². The average molecular weight is 201 g/mol. The summed E-state index contributed by atoms with van der Waals surface area (Å²) in [5.41, 5.74) is 5.46. The van der Waals surface area contributed by atoms with Gasteiger partial charge in [0.2, 0.25) is 0 Å². The van der Waals surface area contributed by atoms with Crippen molar-refractivity contribution in [3.63, 3.8) is 0 Å². The SMILES string of the molecule is COC1C[C@H](C)CC(CCCCN)O1.